The highest BCUT2D eigenvalue weighted by molar-refractivity contribution is 6.58. The fourth-order valence-corrected chi connectivity index (χ4v) is 8.17. The molecule has 0 radical (unpaired) electrons. The highest BCUT2D eigenvalue weighted by atomic mass is 35.5. The molecule has 238 valence electrons. The fraction of sp³-hybridized carbons (Fsp3) is 0.379. The van der Waals surface area contributed by atoms with Gasteiger partial charge in [0.15, 0.2) is 33.0 Å². The minimum atomic E-state index is -2.77. The summed E-state index contributed by atoms with van der Waals surface area (Å²) in [5, 5.41) is 10.3. The minimum absolute atomic E-state index is 0.0175. The number of phenols is 1. The number of hydrogen-bond acceptors (Lipinski definition) is 7. The number of aromatic hydroxyl groups is 1. The second-order valence-electron chi connectivity index (χ2n) is 11.2. The second kappa shape index (κ2) is 10.0. The Morgan fingerprint density at radius 3 is 1.91 bits per heavy atom. The Kier molecular flexibility index (Phi) is 6.94. The number of likely N-dealkylation sites (tertiary alicyclic amines) is 1. The van der Waals surface area contributed by atoms with E-state index in [1.807, 2.05) is 0 Å². The molecule has 45 heavy (non-hydrogen) atoms. The summed E-state index contributed by atoms with van der Waals surface area (Å²) in [7, 11) is 3.65. The van der Waals surface area contributed by atoms with Crippen LogP contribution in [0.1, 0.15) is 24.3 Å². The quantitative estimate of drug-likeness (QED) is 0.129. The lowest BCUT2D eigenvalue weighted by molar-refractivity contribution is -0.138. The molecule has 1 N–H and O–H groups in total. The predicted molar refractivity (Wildman–Crippen MR) is 145 cm³/mol. The van der Waals surface area contributed by atoms with Crippen molar-refractivity contribution in [2.75, 3.05) is 26.2 Å². The summed E-state index contributed by atoms with van der Waals surface area (Å²) in [4.78, 5) is 50.0. The first-order valence-electron chi connectivity index (χ1n) is 13.3. The predicted octanol–water partition coefficient (Wildman–Crippen LogP) is 4.30. The van der Waals surface area contributed by atoms with Crippen molar-refractivity contribution < 1.29 is 55.7 Å². The molecule has 6 rings (SSSR count). The average Bonchev–Trinajstić information content (AvgIpc) is 3.32. The molecule has 2 aliphatic heterocycles. The number of imide groups is 2. The highest BCUT2D eigenvalue weighted by Gasteiger charge is 2.77. The van der Waals surface area contributed by atoms with Gasteiger partial charge < -0.3 is 14.6 Å². The topological polar surface area (TPSA) is 113 Å². The van der Waals surface area contributed by atoms with Gasteiger partial charge in [-0.05, 0) is 18.8 Å². The van der Waals surface area contributed by atoms with E-state index in [4.69, 9.17) is 32.7 Å². The van der Waals surface area contributed by atoms with Crippen LogP contribution in [0, 0.1) is 46.8 Å². The van der Waals surface area contributed by atoms with Gasteiger partial charge in [-0.15, -0.1) is 23.2 Å². The van der Waals surface area contributed by atoms with Crippen molar-refractivity contribution in [2.24, 2.45) is 17.8 Å². The number of benzene rings is 2. The first-order chi connectivity index (χ1) is 21.1. The zero-order valence-corrected chi connectivity index (χ0v) is 24.9. The van der Waals surface area contributed by atoms with Crippen LogP contribution in [0.3, 0.4) is 0 Å². The third kappa shape index (κ3) is 3.72. The highest BCUT2D eigenvalue weighted by Crippen LogP contribution is 2.67. The normalized spacial score (nSPS) is 30.8. The first-order valence-corrected chi connectivity index (χ1v) is 14.1. The maximum Gasteiger partial charge on any atom is 0.258 e. The van der Waals surface area contributed by atoms with Crippen LogP contribution < -0.4 is 14.4 Å². The van der Waals surface area contributed by atoms with Gasteiger partial charge in [-0.2, -0.15) is 0 Å². The molecule has 0 bridgehead atoms. The zero-order chi connectivity index (χ0) is 33.1. The largest absolute Gasteiger partial charge is 0.508 e. The average molecular weight is 675 g/mol. The molecule has 2 heterocycles. The number of rotatable bonds is 4. The number of anilines is 1. The summed E-state index contributed by atoms with van der Waals surface area (Å²) < 4.78 is 83.8. The van der Waals surface area contributed by atoms with E-state index in [1.165, 1.54) is 27.3 Å². The molecule has 6 atom stereocenters. The summed E-state index contributed by atoms with van der Waals surface area (Å²) in [5.41, 5.74) is -1.76. The van der Waals surface area contributed by atoms with E-state index in [-0.39, 0.29) is 39.7 Å². The standard InChI is InChI=1S/C29H21Cl2F5N2O7/c1-37-24(40)11-5-4-10-12(15(11)25(37)41)8-28(30)26(42)38(23-21(35)19(33)18(32)20(34)22(23)36)27(43)29(28,31)17(10)16-13(44-2)6-9(39)7-14(16)45-3/h4,6-7,11-12,15,17,39H,5,8H2,1-3H3/t11-,12+,15-,17+,28+,29-/m0/s1. The summed E-state index contributed by atoms with van der Waals surface area (Å²) >= 11 is 14.1. The summed E-state index contributed by atoms with van der Waals surface area (Å²) in [6, 6.07) is 2.23. The number of methoxy groups -OCH3 is 2. The third-order valence-corrected chi connectivity index (χ3v) is 10.7. The van der Waals surface area contributed by atoms with Crippen molar-refractivity contribution >= 4 is 52.5 Å². The molecular formula is C29H21Cl2F5N2O7. The molecular weight excluding hydrogens is 654 g/mol. The maximum absolute atomic E-state index is 15.1. The van der Waals surface area contributed by atoms with Gasteiger partial charge in [0.2, 0.25) is 17.6 Å². The number of alkyl halides is 2. The number of carbonyl (C=O) groups excluding carboxylic acids is 4. The molecule has 16 heteroatoms. The summed E-state index contributed by atoms with van der Waals surface area (Å²) in [6.07, 6.45) is 0.871. The third-order valence-electron chi connectivity index (χ3n) is 9.26. The van der Waals surface area contributed by atoms with E-state index in [1.54, 1.807) is 0 Å². The Morgan fingerprint density at radius 1 is 0.844 bits per heavy atom. The molecule has 2 aliphatic carbocycles. The molecule has 0 spiro atoms. The van der Waals surface area contributed by atoms with E-state index < -0.39 is 98.2 Å². The van der Waals surface area contributed by atoms with E-state index in [9.17, 15) is 37.5 Å². The van der Waals surface area contributed by atoms with Crippen LogP contribution >= 0.6 is 23.2 Å². The lowest BCUT2D eigenvalue weighted by atomic mass is 9.56. The fourth-order valence-electron chi connectivity index (χ4n) is 7.25. The van der Waals surface area contributed by atoms with Crippen molar-refractivity contribution in [3.63, 3.8) is 0 Å². The SMILES string of the molecule is COc1cc(O)cc(OC)c1[C@H]1C2=CC[C@@H]3C(=O)N(C)C(=O)[C@@H]3[C@@H]2C[C@@]2(Cl)C(=O)N(c3c(F)c(F)c(F)c(F)c3F)C(=O)[C@@]12Cl. The van der Waals surface area contributed by atoms with Crippen LogP contribution in [0.5, 0.6) is 17.2 Å². The number of fused-ring (bicyclic) bond motifs is 4. The molecule has 3 fully saturated rings. The van der Waals surface area contributed by atoms with Gasteiger partial charge in [0, 0.05) is 30.7 Å². The molecule has 1 saturated carbocycles. The van der Waals surface area contributed by atoms with Crippen LogP contribution in [-0.4, -0.2) is 64.7 Å². The molecule has 4 amide bonds. The van der Waals surface area contributed by atoms with Crippen LogP contribution in [0.4, 0.5) is 27.6 Å². The lowest BCUT2D eigenvalue weighted by Gasteiger charge is -2.51. The first kappa shape index (κ1) is 31.1. The molecule has 0 aromatic heterocycles. The second-order valence-corrected chi connectivity index (χ2v) is 12.4. The number of nitrogens with zero attached hydrogens (tertiary/aromatic N) is 2. The van der Waals surface area contributed by atoms with Crippen molar-refractivity contribution in [3.8, 4) is 17.2 Å². The van der Waals surface area contributed by atoms with Gasteiger partial charge in [0.25, 0.3) is 11.8 Å². The maximum atomic E-state index is 15.1. The van der Waals surface area contributed by atoms with Crippen LogP contribution in [-0.2, 0) is 19.2 Å². The Bertz CT molecular complexity index is 1740. The molecule has 2 saturated heterocycles. The molecule has 2 aromatic rings. The van der Waals surface area contributed by atoms with Gasteiger partial charge in [-0.1, -0.05) is 11.6 Å². The smallest absolute Gasteiger partial charge is 0.258 e. The number of allylic oxidation sites excluding steroid dienone is 2. The van der Waals surface area contributed by atoms with E-state index in [2.05, 4.69) is 0 Å². The van der Waals surface area contributed by atoms with Crippen LogP contribution in [0.15, 0.2) is 23.8 Å². The number of amides is 4. The number of ether oxygens (including phenoxy) is 2. The van der Waals surface area contributed by atoms with Crippen molar-refractivity contribution in [1.82, 2.24) is 4.90 Å². The number of carbonyl (C=O) groups is 4. The minimum Gasteiger partial charge on any atom is -0.508 e. The van der Waals surface area contributed by atoms with Gasteiger partial charge in [-0.25, -0.2) is 26.9 Å². The van der Waals surface area contributed by atoms with Gasteiger partial charge in [-0.3, -0.25) is 24.1 Å². The molecule has 0 unspecified atom stereocenters. The van der Waals surface area contributed by atoms with Gasteiger partial charge in [0.1, 0.15) is 22.9 Å². The number of phenolic OH excluding ortho intramolecular Hbond substituents is 1. The van der Waals surface area contributed by atoms with Crippen LogP contribution in [0.25, 0.3) is 0 Å². The van der Waals surface area contributed by atoms with Gasteiger partial charge >= 0.3 is 0 Å². The monoisotopic (exact) mass is 674 g/mol. The lowest BCUT2D eigenvalue weighted by Crippen LogP contribution is -2.60. The number of halogens is 7. The van der Waals surface area contributed by atoms with Crippen LogP contribution in [0.2, 0.25) is 0 Å². The molecule has 9 nitrogen and oxygen atoms in total. The van der Waals surface area contributed by atoms with Crippen molar-refractivity contribution in [2.45, 2.75) is 28.5 Å². The molecule has 2 aromatic carbocycles. The van der Waals surface area contributed by atoms with Crippen molar-refractivity contribution in [3.05, 3.63) is 58.4 Å². The van der Waals surface area contributed by atoms with E-state index >= 15 is 8.78 Å². The molecule has 4 aliphatic rings. The van der Waals surface area contributed by atoms with Crippen molar-refractivity contribution in [1.29, 1.82) is 0 Å². The summed E-state index contributed by atoms with van der Waals surface area (Å²) in [6.45, 7) is 0. The Morgan fingerprint density at radius 2 is 1.38 bits per heavy atom. The summed E-state index contributed by atoms with van der Waals surface area (Å²) in [5.74, 6) is -22.1. The van der Waals surface area contributed by atoms with E-state index in [0.29, 0.717) is 0 Å². The number of hydrogen-bond donors (Lipinski definition) is 1. The Balaban J connectivity index is 1.67. The Hall–Kier alpha value is -3.91. The van der Waals surface area contributed by atoms with E-state index in [0.717, 1.165) is 17.0 Å². The Labute approximate surface area is 261 Å². The van der Waals surface area contributed by atoms with Gasteiger partial charge in [0.05, 0.1) is 26.1 Å². The zero-order valence-electron chi connectivity index (χ0n) is 23.4.